The molecular formula is C23H24N2O8S. The van der Waals surface area contributed by atoms with Crippen molar-refractivity contribution in [2.45, 2.75) is 22.6 Å². The maximum absolute atomic E-state index is 13.8. The van der Waals surface area contributed by atoms with Gasteiger partial charge in [-0.3, -0.25) is 19.3 Å². The minimum Gasteiger partial charge on any atom is -0.508 e. The summed E-state index contributed by atoms with van der Waals surface area (Å²) >= 11 is 1.29. The van der Waals surface area contributed by atoms with E-state index in [1.807, 2.05) is 0 Å². The topological polar surface area (TPSA) is 182 Å². The molecule has 11 heteroatoms. The number of hydrogen-bond acceptors (Lipinski definition) is 10. The Balaban J connectivity index is 2.09. The third-order valence-electron chi connectivity index (χ3n) is 6.90. The summed E-state index contributed by atoms with van der Waals surface area (Å²) < 4.78 is 0. The van der Waals surface area contributed by atoms with E-state index in [4.69, 9.17) is 5.73 Å². The molecule has 0 saturated heterocycles. The number of aliphatic hydroxyl groups excluding tert-OH is 3. The molecule has 180 valence electrons. The Morgan fingerprint density at radius 3 is 2.32 bits per heavy atom. The molecule has 0 aromatic heterocycles. The van der Waals surface area contributed by atoms with Gasteiger partial charge in [-0.2, -0.15) is 0 Å². The van der Waals surface area contributed by atoms with E-state index < -0.39 is 69.7 Å². The highest BCUT2D eigenvalue weighted by molar-refractivity contribution is 7.98. The van der Waals surface area contributed by atoms with Crippen molar-refractivity contribution >= 4 is 40.6 Å². The quantitative estimate of drug-likeness (QED) is 0.253. The van der Waals surface area contributed by atoms with Gasteiger partial charge in [0, 0.05) is 16.4 Å². The Hall–Kier alpha value is -3.12. The Kier molecular flexibility index (Phi) is 5.44. The van der Waals surface area contributed by atoms with Crippen LogP contribution < -0.4 is 5.73 Å². The average Bonchev–Trinajstić information content (AvgIpc) is 2.75. The third-order valence-corrected chi connectivity index (χ3v) is 7.68. The van der Waals surface area contributed by atoms with Crippen molar-refractivity contribution in [2.75, 3.05) is 20.4 Å². The lowest BCUT2D eigenvalue weighted by Gasteiger charge is -2.53. The van der Waals surface area contributed by atoms with E-state index in [-0.39, 0.29) is 16.9 Å². The van der Waals surface area contributed by atoms with Gasteiger partial charge in [0.1, 0.15) is 22.8 Å². The number of amides is 1. The zero-order valence-corrected chi connectivity index (χ0v) is 19.4. The molecule has 1 aromatic rings. The van der Waals surface area contributed by atoms with E-state index in [0.29, 0.717) is 10.5 Å². The summed E-state index contributed by atoms with van der Waals surface area (Å²) in [5.74, 6) is -8.80. The molecule has 7 N–H and O–H groups in total. The van der Waals surface area contributed by atoms with Gasteiger partial charge >= 0.3 is 0 Å². The van der Waals surface area contributed by atoms with Crippen molar-refractivity contribution in [2.24, 2.45) is 17.6 Å². The number of carbonyl (C=O) groups is 3. The second-order valence-corrected chi connectivity index (χ2v) is 9.62. The number of thioether (sulfide) groups is 1. The molecule has 1 amide bonds. The first-order chi connectivity index (χ1) is 15.8. The minimum atomic E-state index is -2.95. The summed E-state index contributed by atoms with van der Waals surface area (Å²) in [5, 5.41) is 55.5. The lowest BCUT2D eigenvalue weighted by atomic mass is 9.55. The summed E-state index contributed by atoms with van der Waals surface area (Å²) in [6, 6.07) is 1.50. The van der Waals surface area contributed by atoms with E-state index in [2.05, 4.69) is 6.58 Å². The Morgan fingerprint density at radius 2 is 1.79 bits per heavy atom. The Bertz CT molecular complexity index is 1250. The van der Waals surface area contributed by atoms with Crippen molar-refractivity contribution in [3.8, 4) is 5.75 Å². The molecule has 0 bridgehead atoms. The third kappa shape index (κ3) is 2.78. The van der Waals surface area contributed by atoms with Crippen LogP contribution in [0.25, 0.3) is 11.3 Å². The van der Waals surface area contributed by atoms with Gasteiger partial charge in [-0.15, -0.1) is 11.8 Å². The van der Waals surface area contributed by atoms with Crippen LogP contribution in [0.3, 0.4) is 0 Å². The van der Waals surface area contributed by atoms with Crippen LogP contribution >= 0.6 is 11.8 Å². The van der Waals surface area contributed by atoms with Crippen molar-refractivity contribution in [1.29, 1.82) is 0 Å². The molecule has 0 radical (unpaired) electrons. The smallest absolute Gasteiger partial charge is 0.255 e. The lowest BCUT2D eigenvalue weighted by molar-refractivity contribution is -0.166. The summed E-state index contributed by atoms with van der Waals surface area (Å²) in [5.41, 5.74) is 1.26. The normalized spacial score (nSPS) is 30.9. The zero-order chi connectivity index (χ0) is 25.4. The van der Waals surface area contributed by atoms with Gasteiger partial charge in [-0.1, -0.05) is 6.58 Å². The fourth-order valence-corrected chi connectivity index (χ4v) is 6.08. The molecular weight excluding hydrogens is 464 g/mol. The molecule has 0 spiro atoms. The Labute approximate surface area is 198 Å². The van der Waals surface area contributed by atoms with Crippen molar-refractivity contribution in [1.82, 2.24) is 4.90 Å². The number of benzene rings is 1. The predicted octanol–water partition coefficient (Wildman–Crippen LogP) is 0.127. The molecule has 4 rings (SSSR count). The zero-order valence-electron chi connectivity index (χ0n) is 18.6. The molecule has 34 heavy (non-hydrogen) atoms. The maximum atomic E-state index is 13.8. The van der Waals surface area contributed by atoms with Crippen LogP contribution in [0.1, 0.15) is 11.1 Å². The van der Waals surface area contributed by atoms with Gasteiger partial charge in [0.15, 0.2) is 11.4 Å². The van der Waals surface area contributed by atoms with Crippen molar-refractivity contribution in [3.05, 3.63) is 46.7 Å². The van der Waals surface area contributed by atoms with Crippen molar-refractivity contribution in [3.63, 3.8) is 0 Å². The lowest BCUT2D eigenvalue weighted by Crippen LogP contribution is -2.70. The first-order valence-corrected chi connectivity index (χ1v) is 11.5. The van der Waals surface area contributed by atoms with Crippen LogP contribution in [0.15, 0.2) is 40.5 Å². The number of hydrogen-bond donors (Lipinski definition) is 6. The van der Waals surface area contributed by atoms with Crippen molar-refractivity contribution < 1.29 is 39.9 Å². The SMILES string of the molecule is C=C1c2c(SC)ccc(O)c2C(O)=C2C(=O)[C@]3(O)C(O)=C(C(N)=O)C(=O)[C@@H](N(C)C)[C@@H]3[C@@H](O)[C@H]12. The van der Waals surface area contributed by atoms with Gasteiger partial charge in [-0.05, 0) is 38.1 Å². The molecule has 1 fully saturated rings. The number of nitrogens with zero attached hydrogens (tertiary/aromatic N) is 1. The number of aromatic hydroxyl groups is 1. The first-order valence-electron chi connectivity index (χ1n) is 10.2. The Morgan fingerprint density at radius 1 is 1.18 bits per heavy atom. The van der Waals surface area contributed by atoms with Gasteiger partial charge in [0.2, 0.25) is 5.78 Å². The van der Waals surface area contributed by atoms with Crippen LogP contribution in [0, 0.1) is 11.8 Å². The highest BCUT2D eigenvalue weighted by Crippen LogP contribution is 2.56. The van der Waals surface area contributed by atoms with Crippen LogP contribution in [0.4, 0.5) is 0 Å². The predicted molar refractivity (Wildman–Crippen MR) is 123 cm³/mol. The van der Waals surface area contributed by atoms with Gasteiger partial charge in [0.25, 0.3) is 5.91 Å². The number of aliphatic hydroxyl groups is 4. The number of carbonyl (C=O) groups excluding carboxylic acids is 3. The monoisotopic (exact) mass is 488 g/mol. The molecule has 0 unspecified atom stereocenters. The number of rotatable bonds is 3. The number of fused-ring (bicyclic) bond motifs is 3. The molecule has 0 aliphatic heterocycles. The van der Waals surface area contributed by atoms with Crippen LogP contribution in [0.5, 0.6) is 5.75 Å². The largest absolute Gasteiger partial charge is 0.508 e. The van der Waals surface area contributed by atoms with E-state index in [0.717, 1.165) is 0 Å². The number of Topliss-reactive ketones (excluding diaryl/α,β-unsaturated/α-hetero) is 2. The maximum Gasteiger partial charge on any atom is 0.255 e. The summed E-state index contributed by atoms with van der Waals surface area (Å²) in [6.45, 7) is 4.01. The molecule has 0 heterocycles. The highest BCUT2D eigenvalue weighted by Gasteiger charge is 2.68. The highest BCUT2D eigenvalue weighted by atomic mass is 32.2. The summed E-state index contributed by atoms with van der Waals surface area (Å²) in [7, 11) is 2.89. The van der Waals surface area contributed by atoms with Crippen LogP contribution in [0.2, 0.25) is 0 Å². The van der Waals surface area contributed by atoms with E-state index in [1.54, 1.807) is 12.3 Å². The number of primary amides is 1. The van der Waals surface area contributed by atoms with Gasteiger partial charge in [-0.25, -0.2) is 0 Å². The number of likely N-dealkylation sites (N-methyl/N-ethyl adjacent to an activating group) is 1. The van der Waals surface area contributed by atoms with E-state index in [9.17, 15) is 39.9 Å². The first kappa shape index (κ1) is 24.0. The standard InChI is InChI=1S/C23H24N2O8S/c1-7-10-9(34-4)6-5-8(26)12(10)17(27)13-11(7)18(28)15-16(25(2)3)19(29)14(22(24)32)21(31)23(15,33)20(13)30/h5-6,11,15-16,18,26-28,31,33H,1H2,2-4H3,(H2,24,32)/t11-,15-,16+,18+,23+/m1/s1. The molecule has 3 aliphatic rings. The number of ketones is 2. The fraction of sp³-hybridized carbons (Fsp3) is 0.348. The summed E-state index contributed by atoms with van der Waals surface area (Å²) in [4.78, 5) is 40.8. The second kappa shape index (κ2) is 7.70. The van der Waals surface area contributed by atoms with E-state index in [1.165, 1.54) is 36.8 Å². The van der Waals surface area contributed by atoms with Gasteiger partial charge < -0.3 is 31.3 Å². The molecule has 10 nitrogen and oxygen atoms in total. The van der Waals surface area contributed by atoms with Gasteiger partial charge in [0.05, 0.1) is 29.2 Å². The average molecular weight is 489 g/mol. The number of phenols is 1. The van der Waals surface area contributed by atoms with Crippen LogP contribution in [-0.4, -0.2) is 86.0 Å². The second-order valence-electron chi connectivity index (χ2n) is 8.77. The number of phenolic OH excluding ortho intramolecular Hbond substituents is 1. The minimum absolute atomic E-state index is 0.111. The fourth-order valence-electron chi connectivity index (χ4n) is 5.44. The number of nitrogens with two attached hydrogens (primary N) is 1. The molecule has 3 aliphatic carbocycles. The molecule has 5 atom stereocenters. The molecule has 1 saturated carbocycles. The molecule has 1 aromatic carbocycles. The van der Waals surface area contributed by atoms with Crippen LogP contribution in [-0.2, 0) is 14.4 Å². The van der Waals surface area contributed by atoms with E-state index >= 15 is 0 Å². The summed E-state index contributed by atoms with van der Waals surface area (Å²) in [6.07, 6.45) is 0.0542.